The third-order valence-corrected chi connectivity index (χ3v) is 2.71. The number of methoxy groups -OCH3 is 1. The average molecular weight is 247 g/mol. The predicted octanol–water partition coefficient (Wildman–Crippen LogP) is 1.53. The Morgan fingerprint density at radius 3 is 2.89 bits per heavy atom. The molecule has 0 bridgehead atoms. The van der Waals surface area contributed by atoms with Gasteiger partial charge in [0, 0.05) is 36.6 Å². The highest BCUT2D eigenvalue weighted by Crippen LogP contribution is 2.22. The molecule has 0 atom stereocenters. The van der Waals surface area contributed by atoms with Crippen LogP contribution in [-0.2, 0) is 20.2 Å². The van der Waals surface area contributed by atoms with Gasteiger partial charge in [-0.15, -0.1) is 0 Å². The van der Waals surface area contributed by atoms with E-state index in [-0.39, 0.29) is 6.61 Å². The number of aromatic nitrogens is 2. The van der Waals surface area contributed by atoms with Gasteiger partial charge in [0.05, 0.1) is 19.9 Å². The molecule has 5 nitrogen and oxygen atoms in total. The first-order valence-corrected chi connectivity index (χ1v) is 5.72. The van der Waals surface area contributed by atoms with Crippen molar-refractivity contribution in [2.45, 2.75) is 13.2 Å². The molecule has 0 spiro atoms. The summed E-state index contributed by atoms with van der Waals surface area (Å²) >= 11 is 0. The van der Waals surface area contributed by atoms with E-state index >= 15 is 0 Å². The van der Waals surface area contributed by atoms with Gasteiger partial charge >= 0.3 is 0 Å². The number of hydrogen-bond acceptors (Lipinski definition) is 4. The number of benzene rings is 1. The lowest BCUT2D eigenvalue weighted by atomic mass is 10.2. The number of aliphatic hydroxyl groups excluding tert-OH is 1. The zero-order chi connectivity index (χ0) is 13.0. The Balaban J connectivity index is 2.05. The summed E-state index contributed by atoms with van der Waals surface area (Å²) in [6.45, 7) is 0.663. The number of hydrogen-bond donors (Lipinski definition) is 2. The fraction of sp³-hybridized carbons (Fsp3) is 0.308. The van der Waals surface area contributed by atoms with Crippen molar-refractivity contribution < 1.29 is 9.84 Å². The third kappa shape index (κ3) is 2.81. The number of nitrogens with zero attached hydrogens (tertiary/aromatic N) is 2. The van der Waals surface area contributed by atoms with E-state index < -0.39 is 0 Å². The normalized spacial score (nSPS) is 10.4. The molecule has 5 heteroatoms. The predicted molar refractivity (Wildman–Crippen MR) is 69.5 cm³/mol. The minimum atomic E-state index is -0.0361. The lowest BCUT2D eigenvalue weighted by Gasteiger charge is -2.10. The number of ether oxygens (including phenoxy) is 1. The summed E-state index contributed by atoms with van der Waals surface area (Å²) in [5.74, 6) is 0.699. The lowest BCUT2D eigenvalue weighted by molar-refractivity contribution is 0.274. The van der Waals surface area contributed by atoms with Gasteiger partial charge in [-0.3, -0.25) is 4.68 Å². The van der Waals surface area contributed by atoms with E-state index in [1.807, 2.05) is 37.6 Å². The number of anilines is 1. The largest absolute Gasteiger partial charge is 0.496 e. The quantitative estimate of drug-likeness (QED) is 0.841. The highest BCUT2D eigenvalue weighted by molar-refractivity contribution is 5.51. The molecule has 0 fully saturated rings. The smallest absolute Gasteiger partial charge is 0.124 e. The van der Waals surface area contributed by atoms with E-state index in [0.717, 1.165) is 16.8 Å². The summed E-state index contributed by atoms with van der Waals surface area (Å²) in [5.41, 5.74) is 2.83. The molecule has 0 amide bonds. The summed E-state index contributed by atoms with van der Waals surface area (Å²) < 4.78 is 6.92. The summed E-state index contributed by atoms with van der Waals surface area (Å²) in [5, 5.41) is 16.6. The monoisotopic (exact) mass is 247 g/mol. The maximum absolute atomic E-state index is 9.24. The van der Waals surface area contributed by atoms with Crippen LogP contribution in [0.25, 0.3) is 0 Å². The minimum absolute atomic E-state index is 0.0361. The van der Waals surface area contributed by atoms with Gasteiger partial charge in [-0.2, -0.15) is 5.10 Å². The van der Waals surface area contributed by atoms with Crippen LogP contribution in [0.4, 0.5) is 5.69 Å². The molecule has 0 unspecified atom stereocenters. The van der Waals surface area contributed by atoms with Crippen LogP contribution in [0.3, 0.4) is 0 Å². The molecular formula is C13H17N3O2. The van der Waals surface area contributed by atoms with Crippen LogP contribution in [0.5, 0.6) is 5.75 Å². The molecule has 0 saturated heterocycles. The van der Waals surface area contributed by atoms with Crippen LogP contribution in [0.15, 0.2) is 30.6 Å². The van der Waals surface area contributed by atoms with Gasteiger partial charge in [0.1, 0.15) is 5.75 Å². The van der Waals surface area contributed by atoms with Crippen molar-refractivity contribution in [3.63, 3.8) is 0 Å². The Kier molecular flexibility index (Phi) is 3.84. The molecule has 2 aromatic rings. The molecule has 1 aromatic carbocycles. The Morgan fingerprint density at radius 1 is 1.44 bits per heavy atom. The molecule has 0 saturated carbocycles. The maximum Gasteiger partial charge on any atom is 0.124 e. The van der Waals surface area contributed by atoms with Crippen molar-refractivity contribution in [1.82, 2.24) is 9.78 Å². The van der Waals surface area contributed by atoms with Gasteiger partial charge < -0.3 is 15.2 Å². The Morgan fingerprint density at radius 2 is 2.28 bits per heavy atom. The zero-order valence-corrected chi connectivity index (χ0v) is 10.6. The second kappa shape index (κ2) is 5.55. The molecule has 2 N–H and O–H groups in total. The van der Waals surface area contributed by atoms with Crippen LogP contribution in [-0.4, -0.2) is 22.0 Å². The van der Waals surface area contributed by atoms with Gasteiger partial charge in [-0.25, -0.2) is 0 Å². The SMILES string of the molecule is COc1ccc(NCc2cnn(C)c2)cc1CO. The Hall–Kier alpha value is -2.01. The van der Waals surface area contributed by atoms with Crippen LogP contribution in [0, 0.1) is 0 Å². The highest BCUT2D eigenvalue weighted by atomic mass is 16.5. The second-order valence-electron chi connectivity index (χ2n) is 4.06. The van der Waals surface area contributed by atoms with E-state index in [1.54, 1.807) is 11.8 Å². The van der Waals surface area contributed by atoms with Crippen molar-refractivity contribution in [3.8, 4) is 5.75 Å². The molecule has 0 aliphatic heterocycles. The van der Waals surface area contributed by atoms with Gasteiger partial charge in [0.2, 0.25) is 0 Å². The van der Waals surface area contributed by atoms with E-state index in [0.29, 0.717) is 12.3 Å². The Labute approximate surface area is 106 Å². The number of rotatable bonds is 5. The summed E-state index contributed by atoms with van der Waals surface area (Å²) in [7, 11) is 3.48. The summed E-state index contributed by atoms with van der Waals surface area (Å²) in [4.78, 5) is 0. The van der Waals surface area contributed by atoms with Gasteiger partial charge in [-0.05, 0) is 18.2 Å². The molecule has 0 aliphatic rings. The maximum atomic E-state index is 9.24. The van der Waals surface area contributed by atoms with E-state index in [9.17, 15) is 5.11 Å². The third-order valence-electron chi connectivity index (χ3n) is 2.71. The van der Waals surface area contributed by atoms with E-state index in [4.69, 9.17) is 4.74 Å². The molecule has 1 heterocycles. The molecule has 2 rings (SSSR count). The van der Waals surface area contributed by atoms with Crippen LogP contribution >= 0.6 is 0 Å². The number of aryl methyl sites for hydroxylation is 1. The molecule has 0 aliphatic carbocycles. The topological polar surface area (TPSA) is 59.3 Å². The van der Waals surface area contributed by atoms with E-state index in [2.05, 4.69) is 10.4 Å². The van der Waals surface area contributed by atoms with E-state index in [1.165, 1.54) is 0 Å². The molecule has 18 heavy (non-hydrogen) atoms. The first-order valence-electron chi connectivity index (χ1n) is 5.72. The fourth-order valence-electron chi connectivity index (χ4n) is 1.78. The van der Waals surface area contributed by atoms with Crippen molar-refractivity contribution >= 4 is 5.69 Å². The lowest BCUT2D eigenvalue weighted by Crippen LogP contribution is -2.00. The number of nitrogens with one attached hydrogen (secondary N) is 1. The van der Waals surface area contributed by atoms with Gasteiger partial charge in [0.25, 0.3) is 0 Å². The molecule has 1 aromatic heterocycles. The van der Waals surface area contributed by atoms with Crippen LogP contribution in [0.2, 0.25) is 0 Å². The first-order chi connectivity index (χ1) is 8.72. The molecular weight excluding hydrogens is 230 g/mol. The van der Waals surface area contributed by atoms with Crippen molar-refractivity contribution in [2.24, 2.45) is 7.05 Å². The standard InChI is InChI=1S/C13H17N3O2/c1-16-8-10(7-15-16)6-14-12-3-4-13(18-2)11(5-12)9-17/h3-5,7-8,14,17H,6,9H2,1-2H3. The molecule has 0 radical (unpaired) electrons. The minimum Gasteiger partial charge on any atom is -0.496 e. The first kappa shape index (κ1) is 12.4. The van der Waals surface area contributed by atoms with Crippen molar-refractivity contribution in [3.05, 3.63) is 41.7 Å². The van der Waals surface area contributed by atoms with Crippen LogP contribution in [0.1, 0.15) is 11.1 Å². The fourth-order valence-corrected chi connectivity index (χ4v) is 1.78. The summed E-state index contributed by atoms with van der Waals surface area (Å²) in [6.07, 6.45) is 3.78. The number of aliphatic hydroxyl groups is 1. The second-order valence-corrected chi connectivity index (χ2v) is 4.06. The Bertz CT molecular complexity index is 523. The zero-order valence-electron chi connectivity index (χ0n) is 10.6. The van der Waals surface area contributed by atoms with Crippen LogP contribution < -0.4 is 10.1 Å². The van der Waals surface area contributed by atoms with Crippen molar-refractivity contribution in [1.29, 1.82) is 0 Å². The van der Waals surface area contributed by atoms with Crippen molar-refractivity contribution in [2.75, 3.05) is 12.4 Å². The highest BCUT2D eigenvalue weighted by Gasteiger charge is 2.03. The van der Waals surface area contributed by atoms with Gasteiger partial charge in [-0.1, -0.05) is 0 Å². The molecule has 96 valence electrons. The average Bonchev–Trinajstić information content (AvgIpc) is 2.81. The summed E-state index contributed by atoms with van der Waals surface area (Å²) in [6, 6.07) is 5.65. The van der Waals surface area contributed by atoms with Gasteiger partial charge in [0.15, 0.2) is 0 Å².